The molecule has 0 spiro atoms. The molecular formula is C12H20N2O5. The van der Waals surface area contributed by atoms with Gasteiger partial charge in [-0.2, -0.15) is 0 Å². The average molecular weight is 272 g/mol. The van der Waals surface area contributed by atoms with E-state index in [0.29, 0.717) is 32.4 Å². The summed E-state index contributed by atoms with van der Waals surface area (Å²) in [6, 6.07) is 0. The second-order valence-electron chi connectivity index (χ2n) is 4.97. The fraction of sp³-hybridized carbons (Fsp3) is 0.833. The zero-order chi connectivity index (χ0) is 13.8. The van der Waals surface area contributed by atoms with Gasteiger partial charge in [0.1, 0.15) is 6.10 Å². The molecule has 1 amide bonds. The van der Waals surface area contributed by atoms with Crippen LogP contribution < -0.4 is 11.1 Å². The predicted molar refractivity (Wildman–Crippen MR) is 65.5 cm³/mol. The lowest BCUT2D eigenvalue weighted by molar-refractivity contribution is -0.149. The van der Waals surface area contributed by atoms with Gasteiger partial charge >= 0.3 is 5.97 Å². The van der Waals surface area contributed by atoms with Crippen molar-refractivity contribution in [2.24, 2.45) is 5.73 Å². The zero-order valence-corrected chi connectivity index (χ0v) is 10.7. The second kappa shape index (κ2) is 6.31. The van der Waals surface area contributed by atoms with E-state index in [9.17, 15) is 9.59 Å². The van der Waals surface area contributed by atoms with Crippen molar-refractivity contribution in [1.29, 1.82) is 0 Å². The van der Waals surface area contributed by atoms with Gasteiger partial charge in [-0.15, -0.1) is 0 Å². The molecule has 0 aliphatic carbocycles. The van der Waals surface area contributed by atoms with E-state index in [4.69, 9.17) is 20.3 Å². The highest BCUT2D eigenvalue weighted by Gasteiger charge is 2.33. The number of carboxylic acids is 1. The number of carbonyl (C=O) groups is 2. The lowest BCUT2D eigenvalue weighted by Crippen LogP contribution is -2.39. The normalized spacial score (nSPS) is 34.4. The number of aliphatic carboxylic acids is 1. The Morgan fingerprint density at radius 1 is 1.11 bits per heavy atom. The van der Waals surface area contributed by atoms with Crippen molar-refractivity contribution >= 4 is 11.9 Å². The number of nitrogens with two attached hydrogens (primary N) is 1. The quantitative estimate of drug-likeness (QED) is 0.607. The van der Waals surface area contributed by atoms with Gasteiger partial charge in [-0.05, 0) is 25.7 Å². The van der Waals surface area contributed by atoms with Gasteiger partial charge in [0.25, 0.3) is 0 Å². The maximum atomic E-state index is 11.8. The Balaban J connectivity index is 1.69. The smallest absolute Gasteiger partial charge is 0.332 e. The molecule has 2 aliphatic rings. The Kier molecular flexibility index (Phi) is 4.73. The minimum atomic E-state index is -0.946. The number of carboxylic acid groups (broad SMARTS) is 1. The summed E-state index contributed by atoms with van der Waals surface area (Å²) in [7, 11) is 0. The first-order chi connectivity index (χ1) is 9.10. The van der Waals surface area contributed by atoms with Crippen molar-refractivity contribution in [3.05, 3.63) is 0 Å². The standard InChI is InChI=1S/C12H20N2O5/c13-5-7-1-3-9(18-7)11(15)14-6-8-2-4-10(19-8)12(16)17/h7-10H,1-6,13H2,(H,14,15)(H,16,17). The summed E-state index contributed by atoms with van der Waals surface area (Å²) >= 11 is 0. The van der Waals surface area contributed by atoms with Gasteiger partial charge in [0, 0.05) is 13.1 Å². The summed E-state index contributed by atoms with van der Waals surface area (Å²) in [6.45, 7) is 0.756. The molecule has 2 saturated heterocycles. The Labute approximate surface area is 111 Å². The summed E-state index contributed by atoms with van der Waals surface area (Å²) in [6.07, 6.45) is 1.18. The Morgan fingerprint density at radius 2 is 1.74 bits per heavy atom. The van der Waals surface area contributed by atoms with E-state index in [0.717, 1.165) is 6.42 Å². The molecule has 4 N–H and O–H groups in total. The number of rotatable bonds is 5. The Hall–Kier alpha value is -1.18. The molecule has 0 radical (unpaired) electrons. The van der Waals surface area contributed by atoms with Crippen LogP contribution in [-0.2, 0) is 19.1 Å². The van der Waals surface area contributed by atoms with Crippen molar-refractivity contribution in [2.75, 3.05) is 13.1 Å². The van der Waals surface area contributed by atoms with E-state index in [1.54, 1.807) is 0 Å². The van der Waals surface area contributed by atoms with E-state index >= 15 is 0 Å². The minimum Gasteiger partial charge on any atom is -0.479 e. The third kappa shape index (κ3) is 3.65. The molecule has 4 atom stereocenters. The van der Waals surface area contributed by atoms with Crippen LogP contribution in [0.3, 0.4) is 0 Å². The summed E-state index contributed by atoms with van der Waals surface area (Å²) in [4.78, 5) is 22.5. The van der Waals surface area contributed by atoms with E-state index in [1.165, 1.54) is 0 Å². The van der Waals surface area contributed by atoms with Gasteiger partial charge in [-0.1, -0.05) is 0 Å². The van der Waals surface area contributed by atoms with Crippen LogP contribution in [0.1, 0.15) is 25.7 Å². The molecule has 0 bridgehead atoms. The van der Waals surface area contributed by atoms with Crippen LogP contribution in [0.25, 0.3) is 0 Å². The molecule has 2 aliphatic heterocycles. The molecule has 2 rings (SSSR count). The first-order valence-corrected chi connectivity index (χ1v) is 6.61. The number of ether oxygens (including phenoxy) is 2. The van der Waals surface area contributed by atoms with E-state index in [2.05, 4.69) is 5.32 Å². The lowest BCUT2D eigenvalue weighted by Gasteiger charge is -2.15. The maximum absolute atomic E-state index is 11.8. The third-order valence-electron chi connectivity index (χ3n) is 3.55. The Morgan fingerprint density at radius 3 is 2.32 bits per heavy atom. The summed E-state index contributed by atoms with van der Waals surface area (Å²) < 4.78 is 10.8. The average Bonchev–Trinajstić information content (AvgIpc) is 3.04. The molecule has 19 heavy (non-hydrogen) atoms. The summed E-state index contributed by atoms with van der Waals surface area (Å²) in [5.41, 5.74) is 5.48. The Bertz CT molecular complexity index is 349. The molecule has 0 aromatic carbocycles. The van der Waals surface area contributed by atoms with Crippen LogP contribution in [0.5, 0.6) is 0 Å². The van der Waals surface area contributed by atoms with Crippen molar-refractivity contribution < 1.29 is 24.2 Å². The van der Waals surface area contributed by atoms with E-state index in [-0.39, 0.29) is 18.1 Å². The fourth-order valence-electron chi connectivity index (χ4n) is 2.44. The van der Waals surface area contributed by atoms with Crippen LogP contribution in [0.4, 0.5) is 0 Å². The molecular weight excluding hydrogens is 252 g/mol. The predicted octanol–water partition coefficient (Wildman–Crippen LogP) is -0.759. The molecule has 7 nitrogen and oxygen atoms in total. The van der Waals surface area contributed by atoms with Crippen molar-refractivity contribution in [3.8, 4) is 0 Å². The number of amides is 1. The minimum absolute atomic E-state index is 0.0325. The molecule has 0 saturated carbocycles. The van der Waals surface area contributed by atoms with Gasteiger partial charge in [-0.3, -0.25) is 4.79 Å². The fourth-order valence-corrected chi connectivity index (χ4v) is 2.44. The van der Waals surface area contributed by atoms with Crippen LogP contribution in [0, 0.1) is 0 Å². The first kappa shape index (κ1) is 14.2. The van der Waals surface area contributed by atoms with E-state index in [1.807, 2.05) is 0 Å². The molecule has 0 aromatic heterocycles. The van der Waals surface area contributed by atoms with Crippen molar-refractivity contribution in [3.63, 3.8) is 0 Å². The summed E-state index contributed by atoms with van der Waals surface area (Å²) in [5, 5.41) is 11.5. The molecule has 7 heteroatoms. The van der Waals surface area contributed by atoms with Crippen molar-refractivity contribution in [2.45, 2.75) is 50.1 Å². The highest BCUT2D eigenvalue weighted by Crippen LogP contribution is 2.21. The number of hydrogen-bond acceptors (Lipinski definition) is 5. The molecule has 2 fully saturated rings. The zero-order valence-electron chi connectivity index (χ0n) is 10.7. The topological polar surface area (TPSA) is 111 Å². The lowest BCUT2D eigenvalue weighted by atomic mass is 10.1. The third-order valence-corrected chi connectivity index (χ3v) is 3.55. The second-order valence-corrected chi connectivity index (χ2v) is 4.97. The van der Waals surface area contributed by atoms with Crippen LogP contribution in [0.2, 0.25) is 0 Å². The monoisotopic (exact) mass is 272 g/mol. The summed E-state index contributed by atoms with van der Waals surface area (Å²) in [5.74, 6) is -1.11. The number of nitrogens with one attached hydrogen (secondary N) is 1. The van der Waals surface area contributed by atoms with Gasteiger partial charge in [-0.25, -0.2) is 4.79 Å². The van der Waals surface area contributed by atoms with Gasteiger partial charge < -0.3 is 25.6 Å². The molecule has 0 aromatic rings. The van der Waals surface area contributed by atoms with Crippen molar-refractivity contribution in [1.82, 2.24) is 5.32 Å². The largest absolute Gasteiger partial charge is 0.479 e. The van der Waals surface area contributed by atoms with Gasteiger partial charge in [0.2, 0.25) is 5.91 Å². The SMILES string of the molecule is NCC1CCC(C(=O)NCC2CCC(C(=O)O)O2)O1. The van der Waals surface area contributed by atoms with E-state index < -0.39 is 18.2 Å². The molecule has 108 valence electrons. The van der Waals surface area contributed by atoms with Gasteiger partial charge in [0.15, 0.2) is 6.10 Å². The van der Waals surface area contributed by atoms with Crippen LogP contribution in [-0.4, -0.2) is 54.5 Å². The van der Waals surface area contributed by atoms with Crippen LogP contribution >= 0.6 is 0 Å². The highest BCUT2D eigenvalue weighted by molar-refractivity contribution is 5.81. The van der Waals surface area contributed by atoms with Gasteiger partial charge in [0.05, 0.1) is 12.2 Å². The van der Waals surface area contributed by atoms with Crippen LogP contribution in [0.15, 0.2) is 0 Å². The number of carbonyl (C=O) groups excluding carboxylic acids is 1. The highest BCUT2D eigenvalue weighted by atomic mass is 16.5. The molecule has 4 unspecified atom stereocenters. The molecule has 2 heterocycles. The number of hydrogen-bond donors (Lipinski definition) is 3. The first-order valence-electron chi connectivity index (χ1n) is 6.61. The maximum Gasteiger partial charge on any atom is 0.332 e.